The molecule has 0 spiro atoms. The van der Waals surface area contributed by atoms with Gasteiger partial charge in [-0.3, -0.25) is 10.2 Å². The molecule has 0 bridgehead atoms. The second kappa shape index (κ2) is 6.87. The molecule has 0 aliphatic carbocycles. The fourth-order valence-electron chi connectivity index (χ4n) is 3.14. The van der Waals surface area contributed by atoms with E-state index in [1.54, 1.807) is 0 Å². The van der Waals surface area contributed by atoms with E-state index in [0.717, 1.165) is 45.7 Å². The highest BCUT2D eigenvalue weighted by Gasteiger charge is 2.33. The maximum Gasteiger partial charge on any atom is 0.227 e. The van der Waals surface area contributed by atoms with E-state index in [9.17, 15) is 4.79 Å². The number of hydrogen-bond acceptors (Lipinski definition) is 4. The van der Waals surface area contributed by atoms with Gasteiger partial charge in [-0.2, -0.15) is 0 Å². The van der Waals surface area contributed by atoms with Crippen molar-refractivity contribution in [3.05, 3.63) is 0 Å². The molecule has 2 rings (SSSR count). The molecule has 0 aromatic rings. The van der Waals surface area contributed by atoms with Crippen molar-refractivity contribution in [2.45, 2.75) is 46.2 Å². The Kier molecular flexibility index (Phi) is 5.41. The number of likely N-dealkylation sites (tertiary alicyclic amines) is 1. The SMILES string of the molecule is CC(C)NN1CCN(C(=O)[C@@H]2CCN(C(C)C)C2)CC1. The van der Waals surface area contributed by atoms with Gasteiger partial charge in [-0.05, 0) is 40.7 Å². The van der Waals surface area contributed by atoms with Gasteiger partial charge in [0.1, 0.15) is 0 Å². The number of carbonyl (C=O) groups is 1. The summed E-state index contributed by atoms with van der Waals surface area (Å²) < 4.78 is 0. The predicted molar refractivity (Wildman–Crippen MR) is 81.2 cm³/mol. The number of piperazine rings is 1. The van der Waals surface area contributed by atoms with Crippen molar-refractivity contribution >= 4 is 5.91 Å². The monoisotopic (exact) mass is 282 g/mol. The summed E-state index contributed by atoms with van der Waals surface area (Å²) in [5, 5.41) is 2.24. The van der Waals surface area contributed by atoms with E-state index in [1.165, 1.54) is 0 Å². The number of nitrogens with one attached hydrogen (secondary N) is 1. The van der Waals surface area contributed by atoms with Crippen molar-refractivity contribution in [3.8, 4) is 0 Å². The van der Waals surface area contributed by atoms with Crippen LogP contribution in [0, 0.1) is 5.92 Å². The molecule has 2 saturated heterocycles. The van der Waals surface area contributed by atoms with Crippen LogP contribution in [0.25, 0.3) is 0 Å². The smallest absolute Gasteiger partial charge is 0.227 e. The van der Waals surface area contributed by atoms with Gasteiger partial charge in [0, 0.05) is 44.8 Å². The molecule has 2 aliphatic rings. The first kappa shape index (κ1) is 15.7. The second-order valence-electron chi connectivity index (χ2n) is 6.67. The van der Waals surface area contributed by atoms with Gasteiger partial charge in [0.25, 0.3) is 0 Å². The molecule has 1 atom stereocenters. The lowest BCUT2D eigenvalue weighted by Gasteiger charge is -2.37. The zero-order valence-corrected chi connectivity index (χ0v) is 13.4. The zero-order valence-electron chi connectivity index (χ0n) is 13.4. The molecule has 0 radical (unpaired) electrons. The summed E-state index contributed by atoms with van der Waals surface area (Å²) in [6, 6.07) is 1.02. The molecular weight excluding hydrogens is 252 g/mol. The minimum absolute atomic E-state index is 0.224. The average molecular weight is 282 g/mol. The molecule has 5 nitrogen and oxygen atoms in total. The van der Waals surface area contributed by atoms with Gasteiger partial charge >= 0.3 is 0 Å². The first-order chi connectivity index (χ1) is 9.47. The third-order valence-electron chi connectivity index (χ3n) is 4.33. The number of carbonyl (C=O) groups excluding carboxylic acids is 1. The van der Waals surface area contributed by atoms with Crippen LogP contribution in [0.1, 0.15) is 34.1 Å². The van der Waals surface area contributed by atoms with Gasteiger partial charge in [-0.25, -0.2) is 5.01 Å². The standard InChI is InChI=1S/C15H30N4O/c1-12(2)16-19-9-7-17(8-10-19)15(20)14-5-6-18(11-14)13(3)4/h12-14,16H,5-11H2,1-4H3/t14-/m1/s1. The maximum atomic E-state index is 12.6. The molecule has 0 aromatic carbocycles. The Hall–Kier alpha value is -0.650. The molecular formula is C15H30N4O. The van der Waals surface area contributed by atoms with Gasteiger partial charge in [-0.15, -0.1) is 0 Å². The Morgan fingerprint density at radius 1 is 1.05 bits per heavy atom. The van der Waals surface area contributed by atoms with Crippen molar-refractivity contribution < 1.29 is 4.79 Å². The minimum Gasteiger partial charge on any atom is -0.340 e. The molecule has 116 valence electrons. The van der Waals surface area contributed by atoms with Crippen LogP contribution in [0.4, 0.5) is 0 Å². The maximum absolute atomic E-state index is 12.6. The zero-order chi connectivity index (χ0) is 14.7. The highest BCUT2D eigenvalue weighted by Crippen LogP contribution is 2.21. The molecule has 2 fully saturated rings. The van der Waals surface area contributed by atoms with E-state index in [1.807, 2.05) is 0 Å². The van der Waals surface area contributed by atoms with Crippen LogP contribution < -0.4 is 5.43 Å². The van der Waals surface area contributed by atoms with Crippen LogP contribution in [-0.2, 0) is 4.79 Å². The normalized spacial score (nSPS) is 25.9. The summed E-state index contributed by atoms with van der Waals surface area (Å²) in [4.78, 5) is 17.0. The summed E-state index contributed by atoms with van der Waals surface area (Å²) >= 11 is 0. The lowest BCUT2D eigenvalue weighted by molar-refractivity contribution is -0.137. The largest absolute Gasteiger partial charge is 0.340 e. The Balaban J connectivity index is 1.78. The molecule has 5 heteroatoms. The van der Waals surface area contributed by atoms with Crippen LogP contribution in [0.2, 0.25) is 0 Å². The molecule has 1 N–H and O–H groups in total. The summed E-state index contributed by atoms with van der Waals surface area (Å²) in [7, 11) is 0. The van der Waals surface area contributed by atoms with E-state index in [2.05, 4.69) is 47.9 Å². The van der Waals surface area contributed by atoms with Crippen LogP contribution in [0.5, 0.6) is 0 Å². The lowest BCUT2D eigenvalue weighted by atomic mass is 10.1. The van der Waals surface area contributed by atoms with Gasteiger partial charge in [0.05, 0.1) is 5.92 Å². The predicted octanol–water partition coefficient (Wildman–Crippen LogP) is 0.774. The first-order valence-electron chi connectivity index (χ1n) is 8.01. The van der Waals surface area contributed by atoms with Crippen LogP contribution >= 0.6 is 0 Å². The third kappa shape index (κ3) is 3.93. The number of rotatable bonds is 4. The topological polar surface area (TPSA) is 38.8 Å². The van der Waals surface area contributed by atoms with Crippen LogP contribution in [0.3, 0.4) is 0 Å². The van der Waals surface area contributed by atoms with Crippen molar-refractivity contribution in [1.82, 2.24) is 20.2 Å². The summed E-state index contributed by atoms with van der Waals surface area (Å²) in [5.41, 5.74) is 3.42. The van der Waals surface area contributed by atoms with E-state index in [-0.39, 0.29) is 5.92 Å². The number of hydrogen-bond donors (Lipinski definition) is 1. The van der Waals surface area contributed by atoms with E-state index in [0.29, 0.717) is 18.0 Å². The number of hydrazine groups is 1. The minimum atomic E-state index is 0.224. The van der Waals surface area contributed by atoms with Crippen molar-refractivity contribution in [1.29, 1.82) is 0 Å². The Morgan fingerprint density at radius 2 is 1.70 bits per heavy atom. The quantitative estimate of drug-likeness (QED) is 0.827. The molecule has 0 unspecified atom stereocenters. The fraction of sp³-hybridized carbons (Fsp3) is 0.933. The Bertz CT molecular complexity index is 324. The van der Waals surface area contributed by atoms with Gasteiger partial charge in [0.15, 0.2) is 0 Å². The highest BCUT2D eigenvalue weighted by molar-refractivity contribution is 5.79. The molecule has 0 aromatic heterocycles. The van der Waals surface area contributed by atoms with Crippen molar-refractivity contribution in [3.63, 3.8) is 0 Å². The van der Waals surface area contributed by atoms with Gasteiger partial charge in [0.2, 0.25) is 5.91 Å². The van der Waals surface area contributed by atoms with Gasteiger partial charge in [-0.1, -0.05) is 0 Å². The van der Waals surface area contributed by atoms with E-state index in [4.69, 9.17) is 0 Å². The number of nitrogens with zero attached hydrogens (tertiary/aromatic N) is 3. The Morgan fingerprint density at radius 3 is 2.20 bits per heavy atom. The highest BCUT2D eigenvalue weighted by atomic mass is 16.2. The molecule has 2 heterocycles. The summed E-state index contributed by atoms with van der Waals surface area (Å²) in [6.07, 6.45) is 1.03. The van der Waals surface area contributed by atoms with Crippen LogP contribution in [-0.4, -0.2) is 72.1 Å². The van der Waals surface area contributed by atoms with Crippen molar-refractivity contribution in [2.24, 2.45) is 5.92 Å². The molecule has 0 saturated carbocycles. The first-order valence-corrected chi connectivity index (χ1v) is 8.01. The van der Waals surface area contributed by atoms with Crippen LogP contribution in [0.15, 0.2) is 0 Å². The third-order valence-corrected chi connectivity index (χ3v) is 4.33. The second-order valence-corrected chi connectivity index (χ2v) is 6.67. The van der Waals surface area contributed by atoms with Gasteiger partial charge < -0.3 is 9.80 Å². The Labute approximate surface area is 123 Å². The summed E-state index contributed by atoms with van der Waals surface area (Å²) in [6.45, 7) is 14.3. The lowest BCUT2D eigenvalue weighted by Crippen LogP contribution is -2.55. The van der Waals surface area contributed by atoms with E-state index < -0.39 is 0 Å². The molecule has 2 aliphatic heterocycles. The average Bonchev–Trinajstić information content (AvgIpc) is 2.88. The fourth-order valence-corrected chi connectivity index (χ4v) is 3.14. The van der Waals surface area contributed by atoms with E-state index >= 15 is 0 Å². The van der Waals surface area contributed by atoms with Crippen molar-refractivity contribution in [2.75, 3.05) is 39.3 Å². The summed E-state index contributed by atoms with van der Waals surface area (Å²) in [5.74, 6) is 0.597. The molecule has 1 amide bonds. The number of amides is 1. The molecule has 20 heavy (non-hydrogen) atoms.